The van der Waals surface area contributed by atoms with Crippen LogP contribution in [0.15, 0.2) is 0 Å². The molecule has 1 atom stereocenters. The number of carbonyl (C=O) groups excluding carboxylic acids is 3. The van der Waals surface area contributed by atoms with E-state index in [1.54, 1.807) is 0 Å². The second kappa shape index (κ2) is 45.1. The molecule has 0 bridgehead atoms. The Bertz CT molecular complexity index is 356. The van der Waals surface area contributed by atoms with Gasteiger partial charge in [-0.2, -0.15) is 0 Å². The van der Waals surface area contributed by atoms with Crippen LogP contribution in [0.5, 0.6) is 0 Å². The van der Waals surface area contributed by atoms with Crippen LogP contribution in [0.1, 0.15) is 116 Å². The Kier molecular flexibility index (Phi) is 65.8. The van der Waals surface area contributed by atoms with Gasteiger partial charge < -0.3 is 25.4 Å². The molecule has 0 aromatic rings. The van der Waals surface area contributed by atoms with E-state index in [2.05, 4.69) is 66.0 Å². The van der Waals surface area contributed by atoms with E-state index in [0.29, 0.717) is 18.5 Å². The molecule has 0 radical (unpaired) electrons. The number of aliphatic hydroxyl groups excluding tert-OH is 1. The van der Waals surface area contributed by atoms with Gasteiger partial charge in [0, 0.05) is 19.2 Å². The molecule has 3 N–H and O–H groups in total. The molecule has 1 aliphatic heterocycles. The molecule has 0 spiro atoms. The first-order valence-electron chi connectivity index (χ1n) is 13.1. The van der Waals surface area contributed by atoms with Crippen molar-refractivity contribution in [1.82, 2.24) is 15.5 Å². The van der Waals surface area contributed by atoms with Crippen molar-refractivity contribution in [3.05, 3.63) is 0 Å². The summed E-state index contributed by atoms with van der Waals surface area (Å²) < 4.78 is 0. The summed E-state index contributed by atoms with van der Waals surface area (Å²) in [6.07, 6.45) is 4.10. The second-order valence-electron chi connectivity index (χ2n) is 7.87. The summed E-state index contributed by atoms with van der Waals surface area (Å²) >= 11 is 0. The van der Waals surface area contributed by atoms with Crippen LogP contribution in [0.4, 0.5) is 0 Å². The normalized spacial score (nSPS) is 12.5. The number of aldehydes is 1. The Hall–Kier alpha value is -1.47. The zero-order valence-electron chi connectivity index (χ0n) is 26.0. The van der Waals surface area contributed by atoms with Crippen LogP contribution >= 0.6 is 0 Å². The maximum absolute atomic E-state index is 11.3. The van der Waals surface area contributed by atoms with Crippen LogP contribution in [0, 0.1) is 5.92 Å². The van der Waals surface area contributed by atoms with E-state index in [1.165, 1.54) is 11.3 Å². The van der Waals surface area contributed by atoms with Gasteiger partial charge in [-0.1, -0.05) is 82.6 Å². The quantitative estimate of drug-likeness (QED) is 0.435. The third-order valence-electron chi connectivity index (χ3n) is 2.86. The number of carbonyl (C=O) groups is 3. The first-order valence-corrected chi connectivity index (χ1v) is 13.1. The van der Waals surface area contributed by atoms with Crippen LogP contribution in [0.3, 0.4) is 0 Å². The Balaban J connectivity index is -0.0000000587. The van der Waals surface area contributed by atoms with Crippen LogP contribution in [0.25, 0.3) is 0 Å². The highest BCUT2D eigenvalue weighted by molar-refractivity contribution is 5.83. The molecular weight excluding hydrogens is 430 g/mol. The fraction of sp³-hybridized carbons (Fsp3) is 0.889. The van der Waals surface area contributed by atoms with Gasteiger partial charge in [-0.3, -0.25) is 9.59 Å². The first kappa shape index (κ1) is 49.6. The molecule has 1 aliphatic rings. The maximum atomic E-state index is 11.3. The zero-order chi connectivity index (χ0) is 29.2. The summed E-state index contributed by atoms with van der Waals surface area (Å²) in [6, 6.07) is -0.291. The van der Waals surface area contributed by atoms with Gasteiger partial charge >= 0.3 is 0 Å². The molecular formula is C27H65N3O4. The molecule has 1 saturated heterocycles. The van der Waals surface area contributed by atoms with Gasteiger partial charge in [-0.15, -0.1) is 0 Å². The van der Waals surface area contributed by atoms with Crippen LogP contribution < -0.4 is 10.6 Å². The average Bonchev–Trinajstić information content (AvgIpc) is 3.32. The summed E-state index contributed by atoms with van der Waals surface area (Å²) in [5, 5.41) is 12.4. The minimum atomic E-state index is -0.291. The fourth-order valence-corrected chi connectivity index (χ4v) is 1.47. The van der Waals surface area contributed by atoms with Gasteiger partial charge in [0.1, 0.15) is 6.29 Å². The topological polar surface area (TPSA) is 98.7 Å². The van der Waals surface area contributed by atoms with E-state index in [-0.39, 0.29) is 18.5 Å². The molecule has 0 saturated carbocycles. The Morgan fingerprint density at radius 2 is 1.32 bits per heavy atom. The Morgan fingerprint density at radius 1 is 1.00 bits per heavy atom. The summed E-state index contributed by atoms with van der Waals surface area (Å²) in [5.41, 5.74) is 0.292. The first-order chi connectivity index (χ1) is 16.0. The highest BCUT2D eigenvalue weighted by Gasteiger charge is 2.27. The van der Waals surface area contributed by atoms with Gasteiger partial charge in [0.15, 0.2) is 0 Å². The molecule has 212 valence electrons. The molecule has 7 heteroatoms. The second-order valence-corrected chi connectivity index (χ2v) is 7.87. The third kappa shape index (κ3) is 57.4. The average molecular weight is 496 g/mol. The SMILES string of the molecule is CC.CC.CC.CC(C)C.CCC.CNC(C)(C)C.CO.O=CNCC(=O)N1CCC[C@H]1C=O. The minimum absolute atomic E-state index is 0.0200. The van der Waals surface area contributed by atoms with Crippen molar-refractivity contribution >= 4 is 18.6 Å². The van der Waals surface area contributed by atoms with Crippen molar-refractivity contribution in [3.8, 4) is 0 Å². The lowest BCUT2D eigenvalue weighted by Crippen LogP contribution is -2.41. The van der Waals surface area contributed by atoms with Crippen molar-refractivity contribution < 1.29 is 19.5 Å². The monoisotopic (exact) mass is 495 g/mol. The van der Waals surface area contributed by atoms with Crippen molar-refractivity contribution in [2.75, 3.05) is 27.2 Å². The lowest BCUT2D eigenvalue weighted by molar-refractivity contribution is -0.134. The van der Waals surface area contributed by atoms with Gasteiger partial charge in [-0.05, 0) is 46.6 Å². The highest BCUT2D eigenvalue weighted by Crippen LogP contribution is 2.14. The molecule has 0 aromatic heterocycles. The standard InChI is InChI=1S/C8H12N2O3.C5H13N.C4H10.C3H8.3C2H6.CH4O/c11-5-7-2-1-3-10(7)8(13)4-9-6-12;1-5(2,3)6-4;1-4(2)3;1-3-2;4*1-2/h5-7H,1-4H2,(H,9,12);6H,1-4H3;4H,1-3H3;3H2,1-2H3;3*1-2H3;2H,1H3/t7-;;;;;;;/m0......./s1. The third-order valence-corrected chi connectivity index (χ3v) is 2.86. The lowest BCUT2D eigenvalue weighted by Gasteiger charge is -2.19. The van der Waals surface area contributed by atoms with Crippen LogP contribution in [-0.2, 0) is 14.4 Å². The molecule has 1 fully saturated rings. The Labute approximate surface area is 214 Å². The number of hydrogen-bond acceptors (Lipinski definition) is 5. The summed E-state index contributed by atoms with van der Waals surface area (Å²) in [5.74, 6) is 0.640. The number of rotatable bonds is 4. The van der Waals surface area contributed by atoms with E-state index >= 15 is 0 Å². The molecule has 7 nitrogen and oxygen atoms in total. The van der Waals surface area contributed by atoms with E-state index in [0.717, 1.165) is 32.2 Å². The van der Waals surface area contributed by atoms with Gasteiger partial charge in [0.2, 0.25) is 12.3 Å². The zero-order valence-corrected chi connectivity index (χ0v) is 26.0. The van der Waals surface area contributed by atoms with E-state index in [9.17, 15) is 14.4 Å². The maximum Gasteiger partial charge on any atom is 0.242 e. The predicted molar refractivity (Wildman–Crippen MR) is 152 cm³/mol. The number of likely N-dealkylation sites (tertiary alicyclic amines) is 1. The van der Waals surface area contributed by atoms with Crippen molar-refractivity contribution in [3.63, 3.8) is 0 Å². The van der Waals surface area contributed by atoms with E-state index in [4.69, 9.17) is 5.11 Å². The highest BCUT2D eigenvalue weighted by atomic mass is 16.2. The summed E-state index contributed by atoms with van der Waals surface area (Å²) in [6.45, 7) is 29.7. The van der Waals surface area contributed by atoms with Gasteiger partial charge in [-0.25, -0.2) is 0 Å². The molecule has 0 aliphatic carbocycles. The van der Waals surface area contributed by atoms with Crippen molar-refractivity contribution in [2.45, 2.75) is 128 Å². The number of aliphatic hydroxyl groups is 1. The van der Waals surface area contributed by atoms with Gasteiger partial charge in [0.25, 0.3) is 0 Å². The van der Waals surface area contributed by atoms with Crippen molar-refractivity contribution in [2.24, 2.45) is 5.92 Å². The van der Waals surface area contributed by atoms with Crippen molar-refractivity contribution in [1.29, 1.82) is 0 Å². The summed E-state index contributed by atoms with van der Waals surface area (Å²) in [7, 11) is 2.96. The van der Waals surface area contributed by atoms with Gasteiger partial charge in [0.05, 0.1) is 12.6 Å². The molecule has 34 heavy (non-hydrogen) atoms. The Morgan fingerprint density at radius 3 is 1.56 bits per heavy atom. The lowest BCUT2D eigenvalue weighted by atomic mass is 10.1. The smallest absolute Gasteiger partial charge is 0.242 e. The molecule has 0 unspecified atom stereocenters. The molecule has 2 amide bonds. The predicted octanol–water partition coefficient (Wildman–Crippen LogP) is 5.69. The van der Waals surface area contributed by atoms with Crippen LogP contribution in [-0.4, -0.2) is 67.4 Å². The van der Waals surface area contributed by atoms with Crippen LogP contribution in [0.2, 0.25) is 0 Å². The molecule has 0 aromatic carbocycles. The van der Waals surface area contributed by atoms with E-state index < -0.39 is 0 Å². The molecule has 1 rings (SSSR count). The molecule has 1 heterocycles. The number of nitrogens with zero attached hydrogens (tertiary/aromatic N) is 1. The number of amides is 2. The number of nitrogens with one attached hydrogen (secondary N) is 2. The largest absolute Gasteiger partial charge is 0.400 e. The fourth-order valence-electron chi connectivity index (χ4n) is 1.47. The number of hydrogen-bond donors (Lipinski definition) is 3. The summed E-state index contributed by atoms with van der Waals surface area (Å²) in [4.78, 5) is 33.3. The minimum Gasteiger partial charge on any atom is -0.400 e. The van der Waals surface area contributed by atoms with E-state index in [1.807, 2.05) is 48.6 Å².